The lowest BCUT2D eigenvalue weighted by Crippen LogP contribution is -2.47. The molecule has 1 aromatic rings. The van der Waals surface area contributed by atoms with Crippen LogP contribution in [0.15, 0.2) is 29.3 Å². The van der Waals surface area contributed by atoms with E-state index in [1.165, 1.54) is 43.5 Å². The first-order chi connectivity index (χ1) is 14.1. The Morgan fingerprint density at radius 2 is 1.90 bits per heavy atom. The second-order valence-corrected chi connectivity index (χ2v) is 9.04. The van der Waals surface area contributed by atoms with E-state index >= 15 is 0 Å². The summed E-state index contributed by atoms with van der Waals surface area (Å²) >= 11 is 0. The lowest BCUT2D eigenvalue weighted by Gasteiger charge is -2.36. The third-order valence-corrected chi connectivity index (χ3v) is 6.44. The summed E-state index contributed by atoms with van der Waals surface area (Å²) in [6.07, 6.45) is 5.10. The van der Waals surface area contributed by atoms with Gasteiger partial charge in [-0.2, -0.15) is 0 Å². The number of hydrogen-bond acceptors (Lipinski definition) is 3. The second-order valence-electron chi connectivity index (χ2n) is 9.04. The minimum Gasteiger partial charge on any atom is -0.373 e. The Bertz CT molecular complexity index is 643. The van der Waals surface area contributed by atoms with Gasteiger partial charge in [-0.1, -0.05) is 29.8 Å². The van der Waals surface area contributed by atoms with E-state index in [4.69, 9.17) is 4.74 Å². The van der Waals surface area contributed by atoms with Gasteiger partial charge in [-0.15, -0.1) is 0 Å². The van der Waals surface area contributed by atoms with Crippen LogP contribution in [0.5, 0.6) is 0 Å². The van der Waals surface area contributed by atoms with Crippen molar-refractivity contribution < 1.29 is 4.74 Å². The van der Waals surface area contributed by atoms with Crippen LogP contribution in [0.1, 0.15) is 56.8 Å². The molecule has 0 bridgehead atoms. The fraction of sp³-hybridized carbons (Fsp3) is 0.708. The summed E-state index contributed by atoms with van der Waals surface area (Å²) in [6.45, 7) is 11.9. The first kappa shape index (κ1) is 22.1. The maximum absolute atomic E-state index is 6.17. The SMILES string of the molecule is CN=C(NCC1CCCN(C(C)C)C1)NCC1CCCOC1c1ccc(C)cc1. The number of aryl methyl sites for hydroxylation is 1. The van der Waals surface area contributed by atoms with Gasteiger partial charge >= 0.3 is 0 Å². The van der Waals surface area contributed by atoms with Gasteiger partial charge in [0.1, 0.15) is 0 Å². The number of piperidine rings is 1. The van der Waals surface area contributed by atoms with Crippen molar-refractivity contribution in [1.82, 2.24) is 15.5 Å². The lowest BCUT2D eigenvalue weighted by atomic mass is 9.89. The van der Waals surface area contributed by atoms with Gasteiger partial charge in [0.25, 0.3) is 0 Å². The highest BCUT2D eigenvalue weighted by Gasteiger charge is 2.28. The van der Waals surface area contributed by atoms with Gasteiger partial charge in [0.05, 0.1) is 6.10 Å². The molecule has 2 heterocycles. The van der Waals surface area contributed by atoms with Crippen LogP contribution in [0.3, 0.4) is 0 Å². The van der Waals surface area contributed by atoms with Crippen LogP contribution in [0.25, 0.3) is 0 Å². The van der Waals surface area contributed by atoms with Crippen molar-refractivity contribution in [2.45, 2.75) is 58.6 Å². The molecule has 5 nitrogen and oxygen atoms in total. The Kier molecular flexibility index (Phi) is 8.37. The molecule has 2 N–H and O–H groups in total. The highest BCUT2D eigenvalue weighted by molar-refractivity contribution is 5.79. The van der Waals surface area contributed by atoms with Gasteiger partial charge in [-0.05, 0) is 64.5 Å². The average Bonchev–Trinajstić information content (AvgIpc) is 2.75. The zero-order chi connectivity index (χ0) is 20.6. The lowest BCUT2D eigenvalue weighted by molar-refractivity contribution is -0.0265. The van der Waals surface area contributed by atoms with E-state index in [0.29, 0.717) is 17.9 Å². The quantitative estimate of drug-likeness (QED) is 0.564. The van der Waals surface area contributed by atoms with E-state index in [1.54, 1.807) is 0 Å². The summed E-state index contributed by atoms with van der Waals surface area (Å²) in [5, 5.41) is 7.14. The van der Waals surface area contributed by atoms with Crippen LogP contribution in [-0.2, 0) is 4.74 Å². The molecule has 0 radical (unpaired) electrons. The largest absolute Gasteiger partial charge is 0.373 e. The van der Waals surface area contributed by atoms with E-state index in [1.807, 2.05) is 7.05 Å². The molecule has 2 fully saturated rings. The predicted octanol–water partition coefficient (Wildman–Crippen LogP) is 3.75. The molecule has 5 heteroatoms. The maximum atomic E-state index is 6.17. The number of benzene rings is 1. The molecule has 0 saturated carbocycles. The first-order valence-electron chi connectivity index (χ1n) is 11.4. The zero-order valence-corrected chi connectivity index (χ0v) is 18.8. The van der Waals surface area contributed by atoms with E-state index in [0.717, 1.165) is 32.1 Å². The number of likely N-dealkylation sites (tertiary alicyclic amines) is 1. The van der Waals surface area contributed by atoms with Crippen molar-refractivity contribution in [3.63, 3.8) is 0 Å². The van der Waals surface area contributed by atoms with Crippen LogP contribution < -0.4 is 10.6 Å². The normalized spacial score (nSPS) is 26.5. The van der Waals surface area contributed by atoms with E-state index in [-0.39, 0.29) is 6.10 Å². The fourth-order valence-corrected chi connectivity index (χ4v) is 4.60. The molecule has 1 aromatic carbocycles. The molecule has 3 rings (SSSR count). The van der Waals surface area contributed by atoms with Crippen molar-refractivity contribution in [2.75, 3.05) is 39.8 Å². The van der Waals surface area contributed by atoms with Gasteiger partial charge in [0.2, 0.25) is 0 Å². The third-order valence-electron chi connectivity index (χ3n) is 6.44. The van der Waals surface area contributed by atoms with Gasteiger partial charge in [0.15, 0.2) is 5.96 Å². The Morgan fingerprint density at radius 1 is 1.14 bits per heavy atom. The van der Waals surface area contributed by atoms with Crippen LogP contribution in [0, 0.1) is 18.8 Å². The fourth-order valence-electron chi connectivity index (χ4n) is 4.60. The Balaban J connectivity index is 1.49. The molecule has 162 valence electrons. The van der Waals surface area contributed by atoms with Crippen molar-refractivity contribution in [3.05, 3.63) is 35.4 Å². The van der Waals surface area contributed by atoms with Gasteiger partial charge < -0.3 is 20.3 Å². The summed E-state index contributed by atoms with van der Waals surface area (Å²) in [5.41, 5.74) is 2.59. The molecule has 29 heavy (non-hydrogen) atoms. The van der Waals surface area contributed by atoms with Crippen LogP contribution in [0.4, 0.5) is 0 Å². The third kappa shape index (κ3) is 6.45. The van der Waals surface area contributed by atoms with Crippen molar-refractivity contribution in [2.24, 2.45) is 16.8 Å². The van der Waals surface area contributed by atoms with Crippen molar-refractivity contribution in [3.8, 4) is 0 Å². The van der Waals surface area contributed by atoms with E-state index in [9.17, 15) is 0 Å². The monoisotopic (exact) mass is 400 g/mol. The topological polar surface area (TPSA) is 48.9 Å². The number of ether oxygens (including phenoxy) is 1. The van der Waals surface area contributed by atoms with Crippen molar-refractivity contribution >= 4 is 5.96 Å². The number of nitrogens with zero attached hydrogens (tertiary/aromatic N) is 2. The molecular weight excluding hydrogens is 360 g/mol. The minimum absolute atomic E-state index is 0.174. The summed E-state index contributed by atoms with van der Waals surface area (Å²) in [5.74, 6) is 2.08. The summed E-state index contributed by atoms with van der Waals surface area (Å²) in [7, 11) is 1.87. The molecule has 2 aliphatic rings. The molecular formula is C24H40N4O. The van der Waals surface area contributed by atoms with Crippen LogP contribution in [0.2, 0.25) is 0 Å². The molecule has 0 spiro atoms. The molecule has 0 aliphatic carbocycles. The Morgan fingerprint density at radius 3 is 2.62 bits per heavy atom. The Labute approximate surface area is 177 Å². The van der Waals surface area contributed by atoms with Crippen LogP contribution in [-0.4, -0.2) is 56.7 Å². The van der Waals surface area contributed by atoms with Crippen molar-refractivity contribution in [1.29, 1.82) is 0 Å². The Hall–Kier alpha value is -1.59. The molecule has 0 amide bonds. The van der Waals surface area contributed by atoms with Gasteiger partial charge in [-0.25, -0.2) is 0 Å². The molecule has 0 aromatic heterocycles. The average molecular weight is 401 g/mol. The highest BCUT2D eigenvalue weighted by Crippen LogP contribution is 2.33. The number of aliphatic imine (C=N–C) groups is 1. The van der Waals surface area contributed by atoms with Gasteiger partial charge in [-0.3, -0.25) is 4.99 Å². The molecule has 3 unspecified atom stereocenters. The maximum Gasteiger partial charge on any atom is 0.190 e. The second kappa shape index (κ2) is 11.0. The number of rotatable bonds is 6. The number of guanidine groups is 1. The molecule has 2 saturated heterocycles. The number of nitrogens with one attached hydrogen (secondary N) is 2. The molecule has 3 atom stereocenters. The van der Waals surface area contributed by atoms with E-state index < -0.39 is 0 Å². The minimum atomic E-state index is 0.174. The smallest absolute Gasteiger partial charge is 0.190 e. The van der Waals surface area contributed by atoms with E-state index in [2.05, 4.69) is 65.6 Å². The number of hydrogen-bond donors (Lipinski definition) is 2. The first-order valence-corrected chi connectivity index (χ1v) is 11.4. The summed E-state index contributed by atoms with van der Waals surface area (Å²) in [6, 6.07) is 9.44. The van der Waals surface area contributed by atoms with Gasteiger partial charge in [0, 0.05) is 45.2 Å². The summed E-state index contributed by atoms with van der Waals surface area (Å²) in [4.78, 5) is 7.06. The zero-order valence-electron chi connectivity index (χ0n) is 18.8. The highest BCUT2D eigenvalue weighted by atomic mass is 16.5. The predicted molar refractivity (Wildman–Crippen MR) is 121 cm³/mol. The standard InChI is InChI=1S/C24H40N4O/c1-18(2)28-13-5-7-20(17-28)15-26-24(25-4)27-16-22-8-6-14-29-23(22)21-11-9-19(3)10-12-21/h9-12,18,20,22-23H,5-8,13-17H2,1-4H3,(H2,25,26,27). The molecule has 2 aliphatic heterocycles. The summed E-state index contributed by atoms with van der Waals surface area (Å²) < 4.78 is 6.17. The van der Waals surface area contributed by atoms with Crippen LogP contribution >= 0.6 is 0 Å².